The number of benzene rings is 2. The maximum absolute atomic E-state index is 12.5. The average Bonchev–Trinajstić information content (AvgIpc) is 2.53. The first-order valence-corrected chi connectivity index (χ1v) is 9.43. The lowest BCUT2D eigenvalue weighted by Crippen LogP contribution is -2.13. The van der Waals surface area contributed by atoms with E-state index in [-0.39, 0.29) is 9.92 Å². The smallest absolute Gasteiger partial charge is 0.262 e. The number of hydrogen-bond donors (Lipinski definition) is 1. The Morgan fingerprint density at radius 1 is 1.04 bits per heavy atom. The zero-order valence-corrected chi connectivity index (χ0v) is 15.3. The maximum atomic E-state index is 12.5. The Balaban J connectivity index is 2.07. The molecule has 3 aromatic rings. The fourth-order valence-corrected chi connectivity index (χ4v) is 3.98. The van der Waals surface area contributed by atoms with Crippen molar-refractivity contribution in [2.75, 3.05) is 4.72 Å². The van der Waals surface area contributed by atoms with Crippen LogP contribution in [0.15, 0.2) is 58.0 Å². The molecule has 118 valence electrons. The number of pyridine rings is 1. The van der Waals surface area contributed by atoms with Crippen molar-refractivity contribution in [3.63, 3.8) is 0 Å². The summed E-state index contributed by atoms with van der Waals surface area (Å²) in [6, 6.07) is 11.2. The third-order valence-electron chi connectivity index (χ3n) is 3.16. The summed E-state index contributed by atoms with van der Waals surface area (Å²) >= 11 is 15.1. The van der Waals surface area contributed by atoms with E-state index >= 15 is 0 Å². The molecule has 0 bridgehead atoms. The number of halogens is 3. The third kappa shape index (κ3) is 3.30. The summed E-state index contributed by atoms with van der Waals surface area (Å²) in [5.74, 6) is 0. The van der Waals surface area contributed by atoms with Crippen LogP contribution >= 0.6 is 39.1 Å². The van der Waals surface area contributed by atoms with Crippen LogP contribution in [0.5, 0.6) is 0 Å². The van der Waals surface area contributed by atoms with Crippen molar-refractivity contribution in [2.45, 2.75) is 4.90 Å². The van der Waals surface area contributed by atoms with Crippen LogP contribution in [0.1, 0.15) is 0 Å². The van der Waals surface area contributed by atoms with Crippen molar-refractivity contribution < 1.29 is 8.42 Å². The predicted molar refractivity (Wildman–Crippen MR) is 96.7 cm³/mol. The largest absolute Gasteiger partial charge is 0.277 e. The number of aromatic nitrogens is 1. The third-order valence-corrected chi connectivity index (χ3v) is 5.96. The molecular formula is C15H9BrCl2N2O2S. The van der Waals surface area contributed by atoms with Crippen molar-refractivity contribution in [3.8, 4) is 0 Å². The molecule has 1 aromatic heterocycles. The molecule has 0 fully saturated rings. The van der Waals surface area contributed by atoms with Crippen LogP contribution in [0.4, 0.5) is 5.69 Å². The van der Waals surface area contributed by atoms with Crippen LogP contribution in [-0.2, 0) is 10.0 Å². The summed E-state index contributed by atoms with van der Waals surface area (Å²) < 4.78 is 28.5. The van der Waals surface area contributed by atoms with E-state index in [1.54, 1.807) is 24.4 Å². The van der Waals surface area contributed by atoms with Gasteiger partial charge in [-0.1, -0.05) is 45.2 Å². The Bertz CT molecular complexity index is 1010. The van der Waals surface area contributed by atoms with Gasteiger partial charge in [-0.15, -0.1) is 0 Å². The molecular weight excluding hydrogens is 423 g/mol. The minimum absolute atomic E-state index is 0.0268. The van der Waals surface area contributed by atoms with E-state index in [0.717, 1.165) is 9.86 Å². The van der Waals surface area contributed by atoms with Crippen LogP contribution < -0.4 is 4.72 Å². The van der Waals surface area contributed by atoms with E-state index in [2.05, 4.69) is 25.6 Å². The van der Waals surface area contributed by atoms with E-state index in [1.165, 1.54) is 18.2 Å². The van der Waals surface area contributed by atoms with E-state index < -0.39 is 10.0 Å². The van der Waals surface area contributed by atoms with Crippen molar-refractivity contribution in [3.05, 3.63) is 63.2 Å². The molecule has 0 aliphatic rings. The Kier molecular flexibility index (Phi) is 4.51. The van der Waals surface area contributed by atoms with Gasteiger partial charge in [-0.05, 0) is 36.4 Å². The standard InChI is InChI=1S/C15H9BrCl2N2O2S/c16-11-4-6-14(15-10(11)2-1-7-19-15)20-23(21,22)9-3-5-12(17)13(18)8-9/h1-8,20H. The second-order valence-electron chi connectivity index (χ2n) is 4.68. The Morgan fingerprint density at radius 3 is 2.57 bits per heavy atom. The van der Waals surface area contributed by atoms with Crippen molar-refractivity contribution >= 4 is 65.7 Å². The molecule has 23 heavy (non-hydrogen) atoms. The summed E-state index contributed by atoms with van der Waals surface area (Å²) in [4.78, 5) is 4.27. The van der Waals surface area contributed by atoms with Gasteiger partial charge in [0, 0.05) is 16.1 Å². The second kappa shape index (κ2) is 6.28. The zero-order chi connectivity index (χ0) is 16.6. The maximum Gasteiger partial charge on any atom is 0.262 e. The summed E-state index contributed by atoms with van der Waals surface area (Å²) in [5.41, 5.74) is 0.931. The first kappa shape index (κ1) is 16.5. The number of fused-ring (bicyclic) bond motifs is 1. The van der Waals surface area contributed by atoms with Crippen LogP contribution in [0.25, 0.3) is 10.9 Å². The van der Waals surface area contributed by atoms with Gasteiger partial charge in [0.05, 0.1) is 26.1 Å². The first-order chi connectivity index (χ1) is 10.9. The summed E-state index contributed by atoms with van der Waals surface area (Å²) in [5, 5.41) is 1.27. The van der Waals surface area contributed by atoms with Crippen LogP contribution in [-0.4, -0.2) is 13.4 Å². The highest BCUT2D eigenvalue weighted by Crippen LogP contribution is 2.31. The highest BCUT2D eigenvalue weighted by atomic mass is 79.9. The first-order valence-electron chi connectivity index (χ1n) is 6.39. The van der Waals surface area contributed by atoms with Crippen molar-refractivity contribution in [2.24, 2.45) is 0 Å². The molecule has 3 rings (SSSR count). The number of nitrogens with one attached hydrogen (secondary N) is 1. The Labute approximate surface area is 151 Å². The van der Waals surface area contributed by atoms with Crippen LogP contribution in [0.3, 0.4) is 0 Å². The quantitative estimate of drug-likeness (QED) is 0.627. The van der Waals surface area contributed by atoms with Crippen molar-refractivity contribution in [1.82, 2.24) is 4.98 Å². The number of nitrogens with zero attached hydrogens (tertiary/aromatic N) is 1. The van der Waals surface area contributed by atoms with Gasteiger partial charge in [-0.25, -0.2) is 8.42 Å². The van der Waals surface area contributed by atoms with Crippen molar-refractivity contribution in [1.29, 1.82) is 0 Å². The highest BCUT2D eigenvalue weighted by molar-refractivity contribution is 9.10. The van der Waals surface area contributed by atoms with Gasteiger partial charge in [-0.2, -0.15) is 0 Å². The molecule has 0 aliphatic carbocycles. The minimum Gasteiger partial charge on any atom is -0.277 e. The molecule has 8 heteroatoms. The van der Waals surface area contributed by atoms with Gasteiger partial charge in [-0.3, -0.25) is 9.71 Å². The number of sulfonamides is 1. The van der Waals surface area contributed by atoms with E-state index in [1.807, 2.05) is 6.07 Å². The van der Waals surface area contributed by atoms with Crippen LogP contribution in [0, 0.1) is 0 Å². The molecule has 0 aliphatic heterocycles. The second-order valence-corrected chi connectivity index (χ2v) is 8.03. The van der Waals surface area contributed by atoms with Crippen LogP contribution in [0.2, 0.25) is 10.0 Å². The lowest BCUT2D eigenvalue weighted by atomic mass is 10.2. The van der Waals surface area contributed by atoms with Gasteiger partial charge in [0.25, 0.3) is 10.0 Å². The molecule has 0 radical (unpaired) electrons. The fourth-order valence-electron chi connectivity index (χ4n) is 2.07. The molecule has 1 heterocycles. The summed E-state index contributed by atoms with van der Waals surface area (Å²) in [6.07, 6.45) is 1.60. The highest BCUT2D eigenvalue weighted by Gasteiger charge is 2.17. The number of hydrogen-bond acceptors (Lipinski definition) is 3. The number of rotatable bonds is 3. The molecule has 0 atom stereocenters. The zero-order valence-electron chi connectivity index (χ0n) is 11.4. The molecule has 1 N–H and O–H groups in total. The Morgan fingerprint density at radius 2 is 1.83 bits per heavy atom. The summed E-state index contributed by atoms with van der Waals surface area (Å²) in [7, 11) is -3.81. The van der Waals surface area contributed by atoms with Gasteiger partial charge >= 0.3 is 0 Å². The normalized spacial score (nSPS) is 11.6. The summed E-state index contributed by atoms with van der Waals surface area (Å²) in [6.45, 7) is 0. The molecule has 0 saturated carbocycles. The van der Waals surface area contributed by atoms with Gasteiger partial charge in [0.2, 0.25) is 0 Å². The predicted octanol–water partition coefficient (Wildman–Crippen LogP) is 5.10. The van der Waals surface area contributed by atoms with Gasteiger partial charge in [0.1, 0.15) is 0 Å². The molecule has 0 saturated heterocycles. The lowest BCUT2D eigenvalue weighted by molar-refractivity contribution is 0.601. The monoisotopic (exact) mass is 430 g/mol. The topological polar surface area (TPSA) is 59.1 Å². The Hall–Kier alpha value is -1.34. The molecule has 0 amide bonds. The fraction of sp³-hybridized carbons (Fsp3) is 0. The van der Waals surface area contributed by atoms with E-state index in [4.69, 9.17) is 23.2 Å². The molecule has 0 unspecified atom stereocenters. The SMILES string of the molecule is O=S(=O)(Nc1ccc(Br)c2cccnc12)c1ccc(Cl)c(Cl)c1. The minimum atomic E-state index is -3.81. The number of anilines is 1. The molecule has 2 aromatic carbocycles. The lowest BCUT2D eigenvalue weighted by Gasteiger charge is -2.11. The average molecular weight is 432 g/mol. The van der Waals surface area contributed by atoms with Gasteiger partial charge in [0.15, 0.2) is 0 Å². The van der Waals surface area contributed by atoms with Gasteiger partial charge < -0.3 is 0 Å². The molecule has 0 spiro atoms. The van der Waals surface area contributed by atoms with E-state index in [0.29, 0.717) is 16.2 Å². The van der Waals surface area contributed by atoms with E-state index in [9.17, 15) is 8.42 Å². The molecule has 4 nitrogen and oxygen atoms in total.